The second-order valence-electron chi connectivity index (χ2n) is 3.96. The minimum atomic E-state index is -0.385. The quantitative estimate of drug-likeness (QED) is 0.821. The molecule has 0 saturated heterocycles. The van der Waals surface area contributed by atoms with E-state index in [0.717, 1.165) is 5.01 Å². The van der Waals surface area contributed by atoms with Gasteiger partial charge in [-0.3, -0.25) is 0 Å². The number of hydrogen-bond acceptors (Lipinski definition) is 5. The van der Waals surface area contributed by atoms with Crippen molar-refractivity contribution in [1.82, 2.24) is 4.98 Å². The zero-order valence-corrected chi connectivity index (χ0v) is 11.7. The first-order chi connectivity index (χ1) is 9.74. The number of halogens is 1. The monoisotopic (exact) mass is 292 g/mol. The molecule has 2 aromatic rings. The van der Waals surface area contributed by atoms with Gasteiger partial charge in [0.15, 0.2) is 11.6 Å². The first-order valence-corrected chi connectivity index (χ1v) is 6.81. The topological polar surface area (TPSA) is 55.1 Å². The van der Waals surface area contributed by atoms with Crippen LogP contribution in [0, 0.1) is 17.1 Å². The molecule has 1 aromatic carbocycles. The maximum Gasteiger partial charge on any atom is 0.165 e. The van der Waals surface area contributed by atoms with E-state index < -0.39 is 0 Å². The first-order valence-electron chi connectivity index (χ1n) is 5.99. The summed E-state index contributed by atoms with van der Waals surface area (Å²) in [6.07, 6.45) is 0.525. The number of thiazole rings is 1. The van der Waals surface area contributed by atoms with E-state index in [4.69, 9.17) is 14.7 Å². The molecule has 0 aliphatic carbocycles. The summed E-state index contributed by atoms with van der Waals surface area (Å²) in [5.74, 6) is -0.161. The Morgan fingerprint density at radius 3 is 2.90 bits per heavy atom. The molecular weight excluding hydrogens is 279 g/mol. The number of ether oxygens (including phenoxy) is 2. The van der Waals surface area contributed by atoms with Gasteiger partial charge in [0.25, 0.3) is 0 Å². The molecule has 4 nitrogen and oxygen atoms in total. The first kappa shape index (κ1) is 14.4. The third-order valence-electron chi connectivity index (χ3n) is 2.53. The van der Waals surface area contributed by atoms with Gasteiger partial charge in [0.05, 0.1) is 23.9 Å². The van der Waals surface area contributed by atoms with E-state index in [2.05, 4.69) is 11.1 Å². The lowest BCUT2D eigenvalue weighted by Crippen LogP contribution is -2.02. The summed E-state index contributed by atoms with van der Waals surface area (Å²) in [4.78, 5) is 4.87. The predicted octanol–water partition coefficient (Wildman–Crippen LogP) is 2.92. The molecule has 0 bridgehead atoms. The van der Waals surface area contributed by atoms with Crippen LogP contribution in [0.4, 0.5) is 4.39 Å². The molecular formula is C14H13FN2O2S. The van der Waals surface area contributed by atoms with Gasteiger partial charge >= 0.3 is 0 Å². The van der Waals surface area contributed by atoms with Gasteiger partial charge in [-0.15, -0.1) is 11.3 Å². The summed E-state index contributed by atoms with van der Waals surface area (Å²) in [6.45, 7) is 0.624. The van der Waals surface area contributed by atoms with Crippen molar-refractivity contribution in [3.8, 4) is 11.8 Å². The van der Waals surface area contributed by atoms with Crippen molar-refractivity contribution in [3.05, 3.63) is 45.7 Å². The minimum absolute atomic E-state index is 0.224. The van der Waals surface area contributed by atoms with Crippen molar-refractivity contribution >= 4 is 11.3 Å². The molecule has 0 amide bonds. The van der Waals surface area contributed by atoms with E-state index in [1.54, 1.807) is 25.3 Å². The van der Waals surface area contributed by atoms with Gasteiger partial charge in [-0.25, -0.2) is 9.37 Å². The SMILES string of the molecule is COCc1nc(CCOc2ccccc2F)sc1C#N. The number of rotatable bonds is 6. The molecule has 0 aliphatic rings. The summed E-state index contributed by atoms with van der Waals surface area (Å²) in [6, 6.07) is 8.35. The van der Waals surface area contributed by atoms with Crippen molar-refractivity contribution in [1.29, 1.82) is 5.26 Å². The molecule has 20 heavy (non-hydrogen) atoms. The third-order valence-corrected chi connectivity index (χ3v) is 3.60. The van der Waals surface area contributed by atoms with Crippen LogP contribution >= 0.6 is 11.3 Å². The van der Waals surface area contributed by atoms with E-state index in [-0.39, 0.29) is 11.6 Å². The fourth-order valence-corrected chi connectivity index (χ4v) is 2.48. The highest BCUT2D eigenvalue weighted by Crippen LogP contribution is 2.20. The minimum Gasteiger partial charge on any atom is -0.490 e. The molecule has 104 valence electrons. The highest BCUT2D eigenvalue weighted by molar-refractivity contribution is 7.12. The molecule has 1 heterocycles. The molecule has 0 radical (unpaired) electrons. The number of para-hydroxylation sites is 1. The van der Waals surface area contributed by atoms with Gasteiger partial charge in [-0.1, -0.05) is 12.1 Å². The Kier molecular flexibility index (Phi) is 5.04. The number of nitriles is 1. The van der Waals surface area contributed by atoms with Crippen LogP contribution in [0.25, 0.3) is 0 Å². The maximum atomic E-state index is 13.3. The molecule has 0 saturated carbocycles. The standard InChI is InChI=1S/C14H13FN2O2S/c1-18-9-11-13(8-16)20-14(17-11)6-7-19-12-5-3-2-4-10(12)15/h2-5H,6-7,9H2,1H3. The molecule has 2 rings (SSSR count). The maximum absolute atomic E-state index is 13.3. The molecule has 0 unspecified atom stereocenters. The van der Waals surface area contributed by atoms with E-state index in [9.17, 15) is 4.39 Å². The summed E-state index contributed by atoms with van der Waals surface area (Å²) >= 11 is 1.31. The van der Waals surface area contributed by atoms with Crippen LogP contribution in [0.5, 0.6) is 5.75 Å². The van der Waals surface area contributed by atoms with Crippen LogP contribution in [0.15, 0.2) is 24.3 Å². The molecule has 0 fully saturated rings. The number of hydrogen-bond donors (Lipinski definition) is 0. The number of nitrogens with zero attached hydrogens (tertiary/aromatic N) is 2. The summed E-state index contributed by atoms with van der Waals surface area (Å²) in [7, 11) is 1.56. The summed E-state index contributed by atoms with van der Waals surface area (Å²) < 4.78 is 23.7. The Morgan fingerprint density at radius 1 is 1.40 bits per heavy atom. The van der Waals surface area contributed by atoms with Crippen molar-refractivity contribution < 1.29 is 13.9 Å². The number of methoxy groups -OCH3 is 1. The van der Waals surface area contributed by atoms with Crippen LogP contribution in [-0.4, -0.2) is 18.7 Å². The van der Waals surface area contributed by atoms with Crippen molar-refractivity contribution in [2.45, 2.75) is 13.0 Å². The molecule has 0 aliphatic heterocycles. The average Bonchev–Trinajstić information content (AvgIpc) is 2.84. The van der Waals surface area contributed by atoms with Gasteiger partial charge < -0.3 is 9.47 Å². The lowest BCUT2D eigenvalue weighted by Gasteiger charge is -2.05. The summed E-state index contributed by atoms with van der Waals surface area (Å²) in [5.41, 5.74) is 0.640. The molecule has 0 atom stereocenters. The van der Waals surface area contributed by atoms with E-state index in [1.807, 2.05) is 0 Å². The molecule has 1 aromatic heterocycles. The van der Waals surface area contributed by atoms with Crippen LogP contribution in [0.1, 0.15) is 15.6 Å². The normalized spacial score (nSPS) is 10.2. The van der Waals surface area contributed by atoms with E-state index >= 15 is 0 Å². The molecule has 0 spiro atoms. The zero-order chi connectivity index (χ0) is 14.4. The smallest absolute Gasteiger partial charge is 0.165 e. The van der Waals surface area contributed by atoms with Crippen LogP contribution in [0.2, 0.25) is 0 Å². The Bertz CT molecular complexity index is 622. The average molecular weight is 292 g/mol. The van der Waals surface area contributed by atoms with Gasteiger partial charge in [0, 0.05) is 13.5 Å². The van der Waals surface area contributed by atoms with Crippen LogP contribution < -0.4 is 4.74 Å². The Hall–Kier alpha value is -1.97. The lowest BCUT2D eigenvalue weighted by molar-refractivity contribution is 0.181. The van der Waals surface area contributed by atoms with Crippen molar-refractivity contribution in [2.75, 3.05) is 13.7 Å². The Labute approximate surface area is 120 Å². The van der Waals surface area contributed by atoms with E-state index in [0.29, 0.717) is 30.2 Å². The predicted molar refractivity (Wildman–Crippen MR) is 73.1 cm³/mol. The number of benzene rings is 1. The van der Waals surface area contributed by atoms with Crippen LogP contribution in [0.3, 0.4) is 0 Å². The van der Waals surface area contributed by atoms with Crippen LogP contribution in [-0.2, 0) is 17.8 Å². The second-order valence-corrected chi connectivity index (χ2v) is 5.04. The van der Waals surface area contributed by atoms with Gasteiger partial charge in [-0.2, -0.15) is 5.26 Å². The zero-order valence-electron chi connectivity index (χ0n) is 10.9. The number of aromatic nitrogens is 1. The molecule has 6 heteroatoms. The van der Waals surface area contributed by atoms with Crippen molar-refractivity contribution in [3.63, 3.8) is 0 Å². The van der Waals surface area contributed by atoms with Gasteiger partial charge in [0.1, 0.15) is 10.9 Å². The highest BCUT2D eigenvalue weighted by atomic mass is 32.1. The Morgan fingerprint density at radius 2 is 2.20 bits per heavy atom. The highest BCUT2D eigenvalue weighted by Gasteiger charge is 2.11. The van der Waals surface area contributed by atoms with Gasteiger partial charge in [0.2, 0.25) is 0 Å². The lowest BCUT2D eigenvalue weighted by atomic mass is 10.3. The second kappa shape index (κ2) is 6.98. The fraction of sp³-hybridized carbons (Fsp3) is 0.286. The van der Waals surface area contributed by atoms with Gasteiger partial charge in [-0.05, 0) is 12.1 Å². The molecule has 0 N–H and O–H groups in total. The summed E-state index contributed by atoms with van der Waals surface area (Å²) in [5, 5.41) is 9.76. The third kappa shape index (κ3) is 3.53. The van der Waals surface area contributed by atoms with E-state index in [1.165, 1.54) is 17.4 Å². The fourth-order valence-electron chi connectivity index (χ4n) is 1.64. The van der Waals surface area contributed by atoms with Crippen molar-refractivity contribution in [2.24, 2.45) is 0 Å². The largest absolute Gasteiger partial charge is 0.490 e. The Balaban J connectivity index is 1.95.